The predicted octanol–water partition coefficient (Wildman–Crippen LogP) is 3.18. The Balaban J connectivity index is 1.64. The average Bonchev–Trinajstić information content (AvgIpc) is 2.59. The Morgan fingerprint density at radius 1 is 1.12 bits per heavy atom. The first kappa shape index (κ1) is 19.4. The first-order chi connectivity index (χ1) is 12.3. The minimum absolute atomic E-state index is 0.0612. The zero-order chi connectivity index (χ0) is 18.8. The Hall–Kier alpha value is -1.39. The maximum Gasteiger partial charge on any atom is 0.222 e. The van der Waals surface area contributed by atoms with E-state index in [9.17, 15) is 9.90 Å². The number of carbonyl (C=O) groups is 1. The summed E-state index contributed by atoms with van der Waals surface area (Å²) in [4.78, 5) is 16.5. The molecule has 2 aliphatic heterocycles. The first-order valence-electron chi connectivity index (χ1n) is 10.0. The fourth-order valence-electron chi connectivity index (χ4n) is 4.57. The topological polar surface area (TPSA) is 43.8 Å². The van der Waals surface area contributed by atoms with Crippen LogP contribution in [0.2, 0.25) is 0 Å². The Bertz CT molecular complexity index is 620. The van der Waals surface area contributed by atoms with Gasteiger partial charge in [-0.3, -0.25) is 9.69 Å². The highest BCUT2D eigenvalue weighted by Gasteiger charge is 2.41. The fraction of sp³-hybridized carbons (Fsp3) is 0.682. The minimum atomic E-state index is 0.0612. The van der Waals surface area contributed by atoms with E-state index in [1.807, 2.05) is 4.90 Å². The lowest BCUT2D eigenvalue weighted by atomic mass is 9.73. The van der Waals surface area contributed by atoms with Crippen molar-refractivity contribution in [1.82, 2.24) is 9.80 Å². The molecule has 2 heterocycles. The van der Waals surface area contributed by atoms with Gasteiger partial charge in [-0.05, 0) is 42.3 Å². The van der Waals surface area contributed by atoms with Crippen molar-refractivity contribution in [2.75, 3.05) is 32.8 Å². The average molecular weight is 359 g/mol. The van der Waals surface area contributed by atoms with Gasteiger partial charge in [-0.2, -0.15) is 0 Å². The van der Waals surface area contributed by atoms with Gasteiger partial charge in [-0.15, -0.1) is 0 Å². The van der Waals surface area contributed by atoms with Crippen LogP contribution in [-0.4, -0.2) is 53.6 Å². The number of benzene rings is 1. The van der Waals surface area contributed by atoms with E-state index in [1.165, 1.54) is 24.0 Å². The molecule has 0 saturated carbocycles. The second kappa shape index (κ2) is 7.69. The Morgan fingerprint density at radius 2 is 1.85 bits per heavy atom. The lowest BCUT2D eigenvalue weighted by molar-refractivity contribution is -0.140. The largest absolute Gasteiger partial charge is 0.395 e. The van der Waals surface area contributed by atoms with Gasteiger partial charge in [0.15, 0.2) is 0 Å². The van der Waals surface area contributed by atoms with Crippen LogP contribution < -0.4 is 0 Å². The second-order valence-electron chi connectivity index (χ2n) is 9.30. The van der Waals surface area contributed by atoms with Gasteiger partial charge in [-0.25, -0.2) is 0 Å². The van der Waals surface area contributed by atoms with Crippen molar-refractivity contribution in [3.05, 3.63) is 35.4 Å². The first-order valence-corrected chi connectivity index (χ1v) is 10.0. The number of β-amino-alcohol motifs (C(OH)–C–C–N with tert-alkyl or cyclic N) is 1. The van der Waals surface area contributed by atoms with Gasteiger partial charge in [0.05, 0.1) is 6.61 Å². The van der Waals surface area contributed by atoms with Crippen LogP contribution in [0.15, 0.2) is 24.3 Å². The molecule has 4 heteroatoms. The Labute approximate surface area is 158 Å². The second-order valence-corrected chi connectivity index (χ2v) is 9.30. The molecular formula is C22H34N2O2. The van der Waals surface area contributed by atoms with Crippen LogP contribution in [0.3, 0.4) is 0 Å². The van der Waals surface area contributed by atoms with Crippen LogP contribution in [-0.2, 0) is 16.8 Å². The number of nitrogens with zero attached hydrogens (tertiary/aromatic N) is 2. The SMILES string of the molecule is CC(C)(C)c1ccc(CN2CCC[C@@]3(CCC(=O)N(CCO)C3)C2)cc1. The summed E-state index contributed by atoms with van der Waals surface area (Å²) in [6, 6.07) is 9.06. The number of carbonyl (C=O) groups excluding carboxylic acids is 1. The quantitative estimate of drug-likeness (QED) is 0.899. The number of rotatable bonds is 4. The standard InChI is InChI=1S/C22H34N2O2/c1-21(2,3)19-7-5-18(6-8-19)15-23-12-4-10-22(16-23)11-9-20(26)24(17-22)13-14-25/h5-8,25H,4,9-17H2,1-3H3/t22-/m1/s1. The van der Waals surface area contributed by atoms with Gasteiger partial charge >= 0.3 is 0 Å². The molecule has 1 aromatic carbocycles. The van der Waals surface area contributed by atoms with Gasteiger partial charge in [0.2, 0.25) is 5.91 Å². The zero-order valence-electron chi connectivity index (χ0n) is 16.6. The number of hydrogen-bond acceptors (Lipinski definition) is 3. The Kier molecular flexibility index (Phi) is 5.73. The maximum atomic E-state index is 12.1. The zero-order valence-corrected chi connectivity index (χ0v) is 16.6. The van der Waals surface area contributed by atoms with Gasteiger partial charge in [0.25, 0.3) is 0 Å². The molecule has 0 aliphatic carbocycles. The van der Waals surface area contributed by atoms with Crippen LogP contribution in [0.4, 0.5) is 0 Å². The molecule has 144 valence electrons. The van der Waals surface area contributed by atoms with Crippen molar-refractivity contribution < 1.29 is 9.90 Å². The minimum Gasteiger partial charge on any atom is -0.395 e. The molecule has 0 bridgehead atoms. The van der Waals surface area contributed by atoms with Crippen molar-refractivity contribution in [2.45, 2.75) is 58.4 Å². The predicted molar refractivity (Wildman–Crippen MR) is 105 cm³/mol. The summed E-state index contributed by atoms with van der Waals surface area (Å²) >= 11 is 0. The summed E-state index contributed by atoms with van der Waals surface area (Å²) < 4.78 is 0. The molecule has 1 spiro atoms. The van der Waals surface area contributed by atoms with Gasteiger partial charge < -0.3 is 10.0 Å². The third-order valence-electron chi connectivity index (χ3n) is 6.08. The summed E-state index contributed by atoms with van der Waals surface area (Å²) in [6.07, 6.45) is 4.02. The Morgan fingerprint density at radius 3 is 2.50 bits per heavy atom. The molecule has 1 aromatic rings. The van der Waals surface area contributed by atoms with Crippen molar-refractivity contribution in [3.8, 4) is 0 Å². The lowest BCUT2D eigenvalue weighted by Gasteiger charge is -2.48. The van der Waals surface area contributed by atoms with E-state index in [0.717, 1.165) is 32.6 Å². The van der Waals surface area contributed by atoms with E-state index < -0.39 is 0 Å². The highest BCUT2D eigenvalue weighted by Crippen LogP contribution is 2.39. The van der Waals surface area contributed by atoms with E-state index in [1.54, 1.807) is 0 Å². The fourth-order valence-corrected chi connectivity index (χ4v) is 4.57. The molecule has 0 radical (unpaired) electrons. The molecule has 2 aliphatic rings. The molecule has 26 heavy (non-hydrogen) atoms. The molecule has 1 atom stereocenters. The van der Waals surface area contributed by atoms with E-state index >= 15 is 0 Å². The van der Waals surface area contributed by atoms with Crippen LogP contribution in [0, 0.1) is 5.41 Å². The summed E-state index contributed by atoms with van der Waals surface area (Å²) in [5.74, 6) is 0.208. The van der Waals surface area contributed by atoms with Crippen LogP contribution in [0.5, 0.6) is 0 Å². The van der Waals surface area contributed by atoms with E-state index in [0.29, 0.717) is 13.0 Å². The van der Waals surface area contributed by atoms with Crippen molar-refractivity contribution in [2.24, 2.45) is 5.41 Å². The molecule has 4 nitrogen and oxygen atoms in total. The number of aliphatic hydroxyl groups is 1. The smallest absolute Gasteiger partial charge is 0.222 e. The normalized spacial score (nSPS) is 25.1. The van der Waals surface area contributed by atoms with E-state index in [2.05, 4.69) is 49.9 Å². The van der Waals surface area contributed by atoms with Crippen molar-refractivity contribution in [1.29, 1.82) is 0 Å². The molecular weight excluding hydrogens is 324 g/mol. The molecule has 0 aromatic heterocycles. The number of aliphatic hydroxyl groups excluding tert-OH is 1. The van der Waals surface area contributed by atoms with Crippen LogP contribution >= 0.6 is 0 Å². The van der Waals surface area contributed by atoms with Crippen LogP contribution in [0.1, 0.15) is 57.6 Å². The molecule has 0 unspecified atom stereocenters. The van der Waals surface area contributed by atoms with Gasteiger partial charge in [-0.1, -0.05) is 45.0 Å². The third kappa shape index (κ3) is 4.47. The molecule has 1 N–H and O–H groups in total. The lowest BCUT2D eigenvalue weighted by Crippen LogP contribution is -2.54. The van der Waals surface area contributed by atoms with Crippen molar-refractivity contribution >= 4 is 5.91 Å². The molecule has 2 fully saturated rings. The summed E-state index contributed by atoms with van der Waals surface area (Å²) in [5.41, 5.74) is 3.15. The van der Waals surface area contributed by atoms with E-state index in [-0.39, 0.29) is 23.3 Å². The molecule has 1 amide bonds. The number of piperidine rings is 2. The maximum absolute atomic E-state index is 12.1. The summed E-state index contributed by atoms with van der Waals surface area (Å²) in [6.45, 7) is 11.3. The highest BCUT2D eigenvalue weighted by atomic mass is 16.3. The highest BCUT2D eigenvalue weighted by molar-refractivity contribution is 5.77. The number of hydrogen-bond donors (Lipinski definition) is 1. The molecule has 3 rings (SSSR count). The van der Waals surface area contributed by atoms with Gasteiger partial charge in [0.1, 0.15) is 0 Å². The van der Waals surface area contributed by atoms with Crippen molar-refractivity contribution in [3.63, 3.8) is 0 Å². The molecule has 2 saturated heterocycles. The number of likely N-dealkylation sites (tertiary alicyclic amines) is 2. The number of amides is 1. The van der Waals surface area contributed by atoms with E-state index in [4.69, 9.17) is 0 Å². The third-order valence-corrected chi connectivity index (χ3v) is 6.08. The van der Waals surface area contributed by atoms with Gasteiger partial charge in [0, 0.05) is 38.0 Å². The summed E-state index contributed by atoms with van der Waals surface area (Å²) in [7, 11) is 0. The summed E-state index contributed by atoms with van der Waals surface area (Å²) in [5, 5.41) is 9.25. The monoisotopic (exact) mass is 358 g/mol. The van der Waals surface area contributed by atoms with Crippen LogP contribution in [0.25, 0.3) is 0 Å².